The molecule has 0 fully saturated rings. The zero-order valence-corrected chi connectivity index (χ0v) is 15.3. The summed E-state index contributed by atoms with van der Waals surface area (Å²) in [5.41, 5.74) is 0.507. The zero-order chi connectivity index (χ0) is 18.4. The monoisotopic (exact) mass is 380 g/mol. The second kappa shape index (κ2) is 8.22. The van der Waals surface area contributed by atoms with Gasteiger partial charge in [0.25, 0.3) is 0 Å². The van der Waals surface area contributed by atoms with Crippen LogP contribution in [0.5, 0.6) is 0 Å². The van der Waals surface area contributed by atoms with Crippen LogP contribution in [0.1, 0.15) is 25.8 Å². The summed E-state index contributed by atoms with van der Waals surface area (Å²) < 4.78 is 24.9. The summed E-state index contributed by atoms with van der Waals surface area (Å²) >= 11 is 5.77. The minimum absolute atomic E-state index is 0.0937. The van der Waals surface area contributed by atoms with Gasteiger partial charge in [0, 0.05) is 16.8 Å². The summed E-state index contributed by atoms with van der Waals surface area (Å²) in [6.07, 6.45) is 2.90. The maximum absolute atomic E-state index is 12.5. The van der Waals surface area contributed by atoms with Crippen LogP contribution < -0.4 is 0 Å². The molecular weight excluding hydrogens is 364 g/mol. The molecule has 0 spiro atoms. The number of aromatic nitrogens is 1. The van der Waals surface area contributed by atoms with Crippen molar-refractivity contribution in [1.82, 2.24) is 4.98 Å². The summed E-state index contributed by atoms with van der Waals surface area (Å²) in [5.74, 6) is -0.247. The second-order valence-electron chi connectivity index (χ2n) is 5.68. The Labute approximate surface area is 151 Å². The van der Waals surface area contributed by atoms with E-state index in [1.807, 2.05) is 13.8 Å². The van der Waals surface area contributed by atoms with E-state index in [2.05, 4.69) is 10.1 Å². The Morgan fingerprint density at radius 3 is 2.48 bits per heavy atom. The van der Waals surface area contributed by atoms with Gasteiger partial charge in [-0.15, -0.1) is 0 Å². The molecule has 0 aliphatic carbocycles. The SMILES string of the molecule is CC(C)CC(=O)O/N=C\c1ccc(S(=O)(=O)c2ccc(Cl)cc2)nc1. The average Bonchev–Trinajstić information content (AvgIpc) is 2.55. The summed E-state index contributed by atoms with van der Waals surface area (Å²) in [7, 11) is -3.72. The molecule has 1 aromatic heterocycles. The van der Waals surface area contributed by atoms with E-state index in [1.54, 1.807) is 0 Å². The smallest absolute Gasteiger partial charge is 0.318 e. The maximum Gasteiger partial charge on any atom is 0.335 e. The van der Waals surface area contributed by atoms with Gasteiger partial charge in [0.2, 0.25) is 9.84 Å². The van der Waals surface area contributed by atoms with Crippen LogP contribution in [-0.4, -0.2) is 25.6 Å². The quantitative estimate of drug-likeness (QED) is 0.435. The van der Waals surface area contributed by atoms with E-state index in [4.69, 9.17) is 16.4 Å². The van der Waals surface area contributed by atoms with E-state index in [0.717, 1.165) is 0 Å². The van der Waals surface area contributed by atoms with E-state index in [-0.39, 0.29) is 22.3 Å². The molecule has 0 aliphatic rings. The average molecular weight is 381 g/mol. The van der Waals surface area contributed by atoms with Crippen molar-refractivity contribution in [3.8, 4) is 0 Å². The lowest BCUT2D eigenvalue weighted by atomic mass is 10.1. The van der Waals surface area contributed by atoms with Crippen molar-refractivity contribution in [2.75, 3.05) is 0 Å². The van der Waals surface area contributed by atoms with Crippen LogP contribution in [0, 0.1) is 5.92 Å². The third kappa shape index (κ3) is 5.37. The molecule has 0 saturated carbocycles. The second-order valence-corrected chi connectivity index (χ2v) is 8.02. The number of carbonyl (C=O) groups is 1. The van der Waals surface area contributed by atoms with Crippen molar-refractivity contribution in [1.29, 1.82) is 0 Å². The molecule has 0 bridgehead atoms. The van der Waals surface area contributed by atoms with Crippen LogP contribution in [0.25, 0.3) is 0 Å². The molecule has 2 rings (SSSR count). The summed E-state index contributed by atoms with van der Waals surface area (Å²) in [5, 5.41) is 3.93. The molecule has 0 amide bonds. The first-order chi connectivity index (χ1) is 11.8. The highest BCUT2D eigenvalue weighted by atomic mass is 35.5. The van der Waals surface area contributed by atoms with Gasteiger partial charge in [-0.05, 0) is 42.3 Å². The number of hydrogen-bond acceptors (Lipinski definition) is 6. The summed E-state index contributed by atoms with van der Waals surface area (Å²) in [4.78, 5) is 20.1. The molecule has 0 saturated heterocycles. The van der Waals surface area contributed by atoms with E-state index >= 15 is 0 Å². The Hall–Kier alpha value is -2.25. The molecule has 0 aliphatic heterocycles. The van der Waals surface area contributed by atoms with E-state index < -0.39 is 15.8 Å². The van der Waals surface area contributed by atoms with Crippen LogP contribution in [-0.2, 0) is 19.5 Å². The molecule has 0 atom stereocenters. The van der Waals surface area contributed by atoms with Crippen LogP contribution in [0.2, 0.25) is 5.02 Å². The Bertz CT molecular complexity index is 861. The number of halogens is 1. The molecule has 6 nitrogen and oxygen atoms in total. The van der Waals surface area contributed by atoms with Crippen LogP contribution >= 0.6 is 11.6 Å². The van der Waals surface area contributed by atoms with Gasteiger partial charge < -0.3 is 4.84 Å². The van der Waals surface area contributed by atoms with Gasteiger partial charge in [-0.25, -0.2) is 18.2 Å². The van der Waals surface area contributed by atoms with Crippen molar-refractivity contribution in [2.24, 2.45) is 11.1 Å². The van der Waals surface area contributed by atoms with Gasteiger partial charge >= 0.3 is 5.97 Å². The summed E-state index contributed by atoms with van der Waals surface area (Å²) in [6, 6.07) is 8.73. The van der Waals surface area contributed by atoms with E-state index in [0.29, 0.717) is 10.6 Å². The lowest BCUT2D eigenvalue weighted by Gasteiger charge is -2.04. The van der Waals surface area contributed by atoms with Gasteiger partial charge in [0.1, 0.15) is 0 Å². The van der Waals surface area contributed by atoms with Crippen molar-refractivity contribution in [3.63, 3.8) is 0 Å². The molecular formula is C17H17ClN2O4S. The number of hydrogen-bond donors (Lipinski definition) is 0. The first-order valence-electron chi connectivity index (χ1n) is 7.49. The largest absolute Gasteiger partial charge is 0.335 e. The number of oxime groups is 1. The Balaban J connectivity index is 2.09. The number of rotatable bonds is 6. The fraction of sp³-hybridized carbons (Fsp3) is 0.235. The maximum atomic E-state index is 12.5. The molecule has 8 heteroatoms. The van der Waals surface area contributed by atoms with E-state index in [1.165, 1.54) is 48.8 Å². The molecule has 1 aromatic carbocycles. The molecule has 0 unspecified atom stereocenters. The lowest BCUT2D eigenvalue weighted by Crippen LogP contribution is -2.05. The molecule has 1 heterocycles. The topological polar surface area (TPSA) is 85.7 Å². The van der Waals surface area contributed by atoms with Crippen molar-refractivity contribution < 1.29 is 18.0 Å². The normalized spacial score (nSPS) is 11.8. The molecule has 2 aromatic rings. The number of carbonyl (C=O) groups excluding carboxylic acids is 1. The zero-order valence-electron chi connectivity index (χ0n) is 13.7. The first-order valence-corrected chi connectivity index (χ1v) is 9.35. The summed E-state index contributed by atoms with van der Waals surface area (Å²) in [6.45, 7) is 3.80. The van der Waals surface area contributed by atoms with Gasteiger partial charge in [0.15, 0.2) is 5.03 Å². The fourth-order valence-electron chi connectivity index (χ4n) is 1.88. The van der Waals surface area contributed by atoms with Crippen molar-refractivity contribution >= 4 is 33.6 Å². The van der Waals surface area contributed by atoms with Gasteiger partial charge in [-0.1, -0.05) is 30.6 Å². The highest BCUT2D eigenvalue weighted by Gasteiger charge is 2.18. The van der Waals surface area contributed by atoms with Crippen molar-refractivity contribution in [2.45, 2.75) is 30.2 Å². The standard InChI is InChI=1S/C17H17ClN2O4S/c1-12(2)9-17(21)24-20-11-13-3-8-16(19-10-13)25(22,23)15-6-4-14(18)5-7-15/h3-8,10-12H,9H2,1-2H3/b20-11-. The minimum atomic E-state index is -3.72. The highest BCUT2D eigenvalue weighted by molar-refractivity contribution is 7.91. The van der Waals surface area contributed by atoms with Gasteiger partial charge in [-0.3, -0.25) is 0 Å². The first kappa shape index (κ1) is 19.1. The number of sulfone groups is 1. The third-order valence-corrected chi connectivity index (χ3v) is 5.03. The van der Waals surface area contributed by atoms with Crippen molar-refractivity contribution in [3.05, 3.63) is 53.2 Å². The molecule has 0 N–H and O–H groups in total. The van der Waals surface area contributed by atoms with E-state index in [9.17, 15) is 13.2 Å². The van der Waals surface area contributed by atoms with Gasteiger partial charge in [-0.2, -0.15) is 0 Å². The number of benzene rings is 1. The number of pyridine rings is 1. The lowest BCUT2D eigenvalue weighted by molar-refractivity contribution is -0.144. The number of nitrogens with zero attached hydrogens (tertiary/aromatic N) is 2. The predicted molar refractivity (Wildman–Crippen MR) is 94.3 cm³/mol. The van der Waals surface area contributed by atoms with Crippen LogP contribution in [0.4, 0.5) is 0 Å². The highest BCUT2D eigenvalue weighted by Crippen LogP contribution is 2.20. The Morgan fingerprint density at radius 1 is 1.24 bits per heavy atom. The van der Waals surface area contributed by atoms with Crippen LogP contribution in [0.3, 0.4) is 0 Å². The molecule has 25 heavy (non-hydrogen) atoms. The third-order valence-electron chi connectivity index (χ3n) is 3.09. The molecule has 0 radical (unpaired) electrons. The predicted octanol–water partition coefficient (Wildman–Crippen LogP) is 3.49. The minimum Gasteiger partial charge on any atom is -0.318 e. The fourth-order valence-corrected chi connectivity index (χ4v) is 3.18. The molecule has 132 valence electrons. The Kier molecular flexibility index (Phi) is 6.27. The Morgan fingerprint density at radius 2 is 1.92 bits per heavy atom. The van der Waals surface area contributed by atoms with Crippen LogP contribution in [0.15, 0.2) is 57.7 Å². The van der Waals surface area contributed by atoms with Gasteiger partial charge in [0.05, 0.1) is 17.5 Å².